The van der Waals surface area contributed by atoms with Crippen molar-refractivity contribution >= 4 is 17.9 Å². The van der Waals surface area contributed by atoms with Crippen molar-refractivity contribution < 1.29 is 28.6 Å². The Morgan fingerprint density at radius 2 is 0.583 bits per heavy atom. The molecule has 0 saturated carbocycles. The van der Waals surface area contributed by atoms with Gasteiger partial charge in [-0.25, -0.2) is 0 Å². The fourth-order valence-electron chi connectivity index (χ4n) is 8.02. The molecule has 0 heterocycles. The van der Waals surface area contributed by atoms with E-state index >= 15 is 0 Å². The number of esters is 3. The van der Waals surface area contributed by atoms with Gasteiger partial charge in [-0.2, -0.15) is 0 Å². The van der Waals surface area contributed by atoms with Crippen LogP contribution in [0.15, 0.2) is 109 Å². The summed E-state index contributed by atoms with van der Waals surface area (Å²) in [5, 5.41) is 0. The minimum Gasteiger partial charge on any atom is -0.462 e. The van der Waals surface area contributed by atoms with Crippen molar-refractivity contribution in [3.63, 3.8) is 0 Å². The Balaban J connectivity index is 4.50. The van der Waals surface area contributed by atoms with Gasteiger partial charge in [-0.3, -0.25) is 14.4 Å². The lowest BCUT2D eigenvalue weighted by atomic mass is 10.1. The fourth-order valence-corrected chi connectivity index (χ4v) is 8.02. The van der Waals surface area contributed by atoms with Crippen molar-refractivity contribution in [2.75, 3.05) is 13.2 Å². The quantitative estimate of drug-likeness (QED) is 0.0199. The Morgan fingerprint density at radius 1 is 0.306 bits per heavy atom. The minimum absolute atomic E-state index is 0.101. The average Bonchev–Trinajstić information content (AvgIpc) is 3.38. The molecule has 0 aliphatic heterocycles. The summed E-state index contributed by atoms with van der Waals surface area (Å²) in [4.78, 5) is 38.2. The van der Waals surface area contributed by atoms with Crippen molar-refractivity contribution in [2.24, 2.45) is 0 Å². The number of carbonyl (C=O) groups excluding carboxylic acids is 3. The Morgan fingerprint density at radius 3 is 0.972 bits per heavy atom. The molecule has 0 aromatic heterocycles. The highest BCUT2D eigenvalue weighted by atomic mass is 16.6. The number of unbranched alkanes of at least 4 members (excludes halogenated alkanes) is 25. The van der Waals surface area contributed by atoms with Gasteiger partial charge in [0.25, 0.3) is 0 Å². The maximum Gasteiger partial charge on any atom is 0.306 e. The first-order valence-electron chi connectivity index (χ1n) is 29.9. The van der Waals surface area contributed by atoms with E-state index in [1.807, 2.05) is 0 Å². The first-order valence-corrected chi connectivity index (χ1v) is 29.9. The van der Waals surface area contributed by atoms with E-state index in [1.165, 1.54) is 103 Å². The van der Waals surface area contributed by atoms with Gasteiger partial charge in [0.05, 0.1) is 0 Å². The monoisotopic (exact) mass is 999 g/mol. The number of carbonyl (C=O) groups is 3. The molecule has 0 rings (SSSR count). The van der Waals surface area contributed by atoms with Crippen molar-refractivity contribution in [3.8, 4) is 0 Å². The molecule has 1 unspecified atom stereocenters. The number of rotatable bonds is 53. The second-order valence-electron chi connectivity index (χ2n) is 19.5. The van der Waals surface area contributed by atoms with Crippen molar-refractivity contribution in [1.82, 2.24) is 0 Å². The molecular formula is C66H110O6. The number of hydrogen-bond donors (Lipinski definition) is 0. The van der Waals surface area contributed by atoms with Crippen molar-refractivity contribution in [2.45, 2.75) is 277 Å². The van der Waals surface area contributed by atoms with Crippen LogP contribution in [0.1, 0.15) is 271 Å². The molecule has 0 aliphatic carbocycles. The lowest BCUT2D eigenvalue weighted by Gasteiger charge is -2.18. The molecule has 6 nitrogen and oxygen atoms in total. The zero-order chi connectivity index (χ0) is 52.2. The number of allylic oxidation sites excluding steroid dienone is 18. The smallest absolute Gasteiger partial charge is 0.306 e. The molecule has 0 spiro atoms. The van der Waals surface area contributed by atoms with Gasteiger partial charge in [-0.1, -0.05) is 239 Å². The molecule has 0 bridgehead atoms. The number of hydrogen-bond acceptors (Lipinski definition) is 6. The van der Waals surface area contributed by atoms with Crippen LogP contribution in [0.25, 0.3) is 0 Å². The first-order chi connectivity index (χ1) is 35.5. The van der Waals surface area contributed by atoms with Crippen LogP contribution >= 0.6 is 0 Å². The molecule has 410 valence electrons. The Hall–Kier alpha value is -3.93. The Kier molecular flexibility index (Phi) is 56.4. The second kappa shape index (κ2) is 59.6. The molecule has 0 aliphatic rings. The largest absolute Gasteiger partial charge is 0.462 e. The van der Waals surface area contributed by atoms with Gasteiger partial charge in [0.15, 0.2) is 6.10 Å². The molecule has 0 aromatic rings. The topological polar surface area (TPSA) is 78.9 Å². The summed E-state index contributed by atoms with van der Waals surface area (Å²) in [6.07, 6.45) is 80.7. The summed E-state index contributed by atoms with van der Waals surface area (Å²) in [7, 11) is 0. The summed E-state index contributed by atoms with van der Waals surface area (Å²) >= 11 is 0. The molecule has 0 N–H and O–H groups in total. The zero-order valence-electron chi connectivity index (χ0n) is 46.9. The van der Waals surface area contributed by atoms with E-state index in [2.05, 4.69) is 130 Å². The number of ether oxygens (including phenoxy) is 3. The van der Waals surface area contributed by atoms with Gasteiger partial charge in [-0.05, 0) is 122 Å². The molecule has 0 radical (unpaired) electrons. The van der Waals surface area contributed by atoms with Crippen LogP contribution in [-0.2, 0) is 28.6 Å². The third kappa shape index (κ3) is 57.0. The van der Waals surface area contributed by atoms with Crippen LogP contribution in [0, 0.1) is 0 Å². The highest BCUT2D eigenvalue weighted by molar-refractivity contribution is 5.71. The van der Waals surface area contributed by atoms with Crippen molar-refractivity contribution in [3.05, 3.63) is 109 Å². The molecule has 0 saturated heterocycles. The summed E-state index contributed by atoms with van der Waals surface area (Å²) in [5.41, 5.74) is 0. The fraction of sp³-hybridized carbons (Fsp3) is 0.682. The molecule has 6 heteroatoms. The zero-order valence-corrected chi connectivity index (χ0v) is 46.9. The van der Waals surface area contributed by atoms with Crippen molar-refractivity contribution in [1.29, 1.82) is 0 Å². The van der Waals surface area contributed by atoms with E-state index in [-0.39, 0.29) is 31.1 Å². The molecule has 0 aromatic carbocycles. The molecule has 72 heavy (non-hydrogen) atoms. The first kappa shape index (κ1) is 68.1. The van der Waals surface area contributed by atoms with E-state index in [1.54, 1.807) is 0 Å². The maximum absolute atomic E-state index is 12.9. The van der Waals surface area contributed by atoms with Crippen LogP contribution in [0.5, 0.6) is 0 Å². The Labute approximate surface area is 444 Å². The summed E-state index contributed by atoms with van der Waals surface area (Å²) < 4.78 is 16.9. The predicted octanol–water partition coefficient (Wildman–Crippen LogP) is 20.3. The highest BCUT2D eigenvalue weighted by Gasteiger charge is 2.19. The van der Waals surface area contributed by atoms with E-state index in [0.717, 1.165) is 128 Å². The van der Waals surface area contributed by atoms with Crippen LogP contribution in [-0.4, -0.2) is 37.2 Å². The maximum atomic E-state index is 12.9. The van der Waals surface area contributed by atoms with Crippen LogP contribution in [0.4, 0.5) is 0 Å². The molecular weight excluding hydrogens is 889 g/mol. The summed E-state index contributed by atoms with van der Waals surface area (Å²) in [5.74, 6) is -0.953. The minimum atomic E-state index is -0.807. The molecule has 1 atom stereocenters. The van der Waals surface area contributed by atoms with E-state index < -0.39 is 6.10 Å². The second-order valence-corrected chi connectivity index (χ2v) is 19.5. The van der Waals surface area contributed by atoms with Gasteiger partial charge in [0.2, 0.25) is 0 Å². The van der Waals surface area contributed by atoms with Gasteiger partial charge in [0, 0.05) is 19.3 Å². The predicted molar refractivity (Wildman–Crippen MR) is 311 cm³/mol. The van der Waals surface area contributed by atoms with Gasteiger partial charge >= 0.3 is 17.9 Å². The summed E-state index contributed by atoms with van der Waals surface area (Å²) in [6, 6.07) is 0. The van der Waals surface area contributed by atoms with Crippen LogP contribution in [0.2, 0.25) is 0 Å². The average molecular weight is 1000 g/mol. The lowest BCUT2D eigenvalue weighted by molar-refractivity contribution is -0.167. The van der Waals surface area contributed by atoms with E-state index in [9.17, 15) is 14.4 Å². The van der Waals surface area contributed by atoms with E-state index in [0.29, 0.717) is 19.3 Å². The van der Waals surface area contributed by atoms with Gasteiger partial charge in [0.1, 0.15) is 13.2 Å². The van der Waals surface area contributed by atoms with Crippen LogP contribution < -0.4 is 0 Å². The normalized spacial score (nSPS) is 12.9. The SMILES string of the molecule is CC/C=C\C/C=C\C/C=C\C/C=C\C/C=C\CCCCCC(=O)OCC(COC(=O)CCCCCCCCC/C=C\C/C=C\CCCCC)OC(=O)CCCCCCC/C=C\C=C/CCCCCCCCC. The molecule has 0 amide bonds. The standard InChI is InChI=1S/C66H110O6/c1-4-7-10-13-16-19-22-25-28-31-33-36-38-41-44-47-50-53-56-59-65(68)71-62-63(61-70-64(67)58-55-52-49-46-43-40-37-34-30-27-24-21-18-15-12-9-6-3)72-66(69)60-57-54-51-48-45-42-39-35-32-29-26-23-20-17-14-11-8-5-2/h7,10,16,18-19,21,25,27-30,32-33,35-36,39,41,44,63H,4-6,8-9,11-15,17,20,22-24,26,31,34,37-38,40,42-43,45-62H2,1-3H3/b10-7-,19-16-,21-18-,28-25-,30-27-,32-29-,36-33-,39-35-,44-41-. The summed E-state index contributed by atoms with van der Waals surface area (Å²) in [6.45, 7) is 6.46. The lowest BCUT2D eigenvalue weighted by Crippen LogP contribution is -2.30. The third-order valence-electron chi connectivity index (χ3n) is 12.5. The van der Waals surface area contributed by atoms with Gasteiger partial charge < -0.3 is 14.2 Å². The van der Waals surface area contributed by atoms with Crippen LogP contribution in [0.3, 0.4) is 0 Å². The highest BCUT2D eigenvalue weighted by Crippen LogP contribution is 2.14. The molecule has 0 fully saturated rings. The van der Waals surface area contributed by atoms with Gasteiger partial charge in [-0.15, -0.1) is 0 Å². The Bertz CT molecular complexity index is 1470. The van der Waals surface area contributed by atoms with E-state index in [4.69, 9.17) is 14.2 Å². The third-order valence-corrected chi connectivity index (χ3v) is 12.5.